The molecular formula is C21H30N2O2. The van der Waals surface area contributed by atoms with Gasteiger partial charge in [-0.05, 0) is 49.1 Å². The van der Waals surface area contributed by atoms with Crippen LogP contribution in [-0.4, -0.2) is 61.6 Å². The molecule has 2 aliphatic heterocycles. The normalized spacial score (nSPS) is 25.6. The lowest BCUT2D eigenvalue weighted by Crippen LogP contribution is -2.46. The molecule has 1 aliphatic carbocycles. The fourth-order valence-corrected chi connectivity index (χ4v) is 4.65. The minimum atomic E-state index is 0.200. The van der Waals surface area contributed by atoms with E-state index < -0.39 is 0 Å². The van der Waals surface area contributed by atoms with Crippen molar-refractivity contribution < 1.29 is 9.53 Å². The van der Waals surface area contributed by atoms with Gasteiger partial charge in [0.2, 0.25) is 5.91 Å². The SMILES string of the molecule is O=C([C@@H]1CCc2ccccc2C1)N1CCC(CN2CCOCC2)CC1. The Bertz CT molecular complexity index is 589. The van der Waals surface area contributed by atoms with Crippen molar-refractivity contribution in [1.29, 1.82) is 0 Å². The molecule has 25 heavy (non-hydrogen) atoms. The highest BCUT2D eigenvalue weighted by atomic mass is 16.5. The molecule has 136 valence electrons. The van der Waals surface area contributed by atoms with Crippen molar-refractivity contribution in [2.75, 3.05) is 45.9 Å². The fraction of sp³-hybridized carbons (Fsp3) is 0.667. The summed E-state index contributed by atoms with van der Waals surface area (Å²) in [4.78, 5) is 17.6. The molecule has 2 fully saturated rings. The number of hydrogen-bond donors (Lipinski definition) is 0. The zero-order valence-corrected chi connectivity index (χ0v) is 15.2. The molecule has 0 radical (unpaired) electrons. The van der Waals surface area contributed by atoms with Gasteiger partial charge in [-0.3, -0.25) is 9.69 Å². The van der Waals surface area contributed by atoms with E-state index in [1.54, 1.807) is 0 Å². The first-order chi connectivity index (χ1) is 12.3. The molecule has 0 bridgehead atoms. The molecule has 2 heterocycles. The molecule has 1 atom stereocenters. The van der Waals surface area contributed by atoms with Crippen molar-refractivity contribution in [1.82, 2.24) is 9.80 Å². The van der Waals surface area contributed by atoms with Gasteiger partial charge < -0.3 is 9.64 Å². The number of carbonyl (C=O) groups is 1. The molecule has 4 rings (SSSR count). The van der Waals surface area contributed by atoms with E-state index >= 15 is 0 Å². The molecule has 3 aliphatic rings. The highest BCUT2D eigenvalue weighted by Gasteiger charge is 2.31. The molecule has 0 spiro atoms. The number of piperidine rings is 1. The third-order valence-corrected chi connectivity index (χ3v) is 6.24. The highest BCUT2D eigenvalue weighted by Crippen LogP contribution is 2.28. The Morgan fingerprint density at radius 2 is 1.72 bits per heavy atom. The van der Waals surface area contributed by atoms with Gasteiger partial charge in [0.15, 0.2) is 0 Å². The maximum atomic E-state index is 13.0. The number of ether oxygens (including phenoxy) is 1. The van der Waals surface area contributed by atoms with E-state index in [1.807, 2.05) is 0 Å². The quantitative estimate of drug-likeness (QED) is 0.845. The van der Waals surface area contributed by atoms with Crippen LogP contribution < -0.4 is 0 Å². The van der Waals surface area contributed by atoms with Crippen molar-refractivity contribution in [3.8, 4) is 0 Å². The van der Waals surface area contributed by atoms with Gasteiger partial charge >= 0.3 is 0 Å². The summed E-state index contributed by atoms with van der Waals surface area (Å²) in [6.45, 7) is 6.97. The lowest BCUT2D eigenvalue weighted by atomic mass is 9.82. The largest absolute Gasteiger partial charge is 0.379 e. The molecule has 0 N–H and O–H groups in total. The lowest BCUT2D eigenvalue weighted by Gasteiger charge is -2.38. The van der Waals surface area contributed by atoms with Crippen LogP contribution >= 0.6 is 0 Å². The number of aryl methyl sites for hydroxylation is 1. The summed E-state index contributed by atoms with van der Waals surface area (Å²) >= 11 is 0. The van der Waals surface area contributed by atoms with Crippen LogP contribution in [0.4, 0.5) is 0 Å². The van der Waals surface area contributed by atoms with E-state index in [0.29, 0.717) is 5.91 Å². The van der Waals surface area contributed by atoms with Crippen LogP contribution in [-0.2, 0) is 22.4 Å². The Kier molecular flexibility index (Phi) is 5.37. The summed E-state index contributed by atoms with van der Waals surface area (Å²) in [5.41, 5.74) is 2.82. The highest BCUT2D eigenvalue weighted by molar-refractivity contribution is 5.79. The van der Waals surface area contributed by atoms with Gasteiger partial charge in [0.05, 0.1) is 13.2 Å². The summed E-state index contributed by atoms with van der Waals surface area (Å²) in [7, 11) is 0. The summed E-state index contributed by atoms with van der Waals surface area (Å²) in [5.74, 6) is 1.35. The first-order valence-corrected chi connectivity index (χ1v) is 9.95. The van der Waals surface area contributed by atoms with Gasteiger partial charge in [-0.2, -0.15) is 0 Å². The molecule has 1 amide bonds. The Hall–Kier alpha value is -1.39. The van der Waals surface area contributed by atoms with E-state index in [1.165, 1.54) is 17.7 Å². The predicted molar refractivity (Wildman–Crippen MR) is 98.5 cm³/mol. The van der Waals surface area contributed by atoms with E-state index in [-0.39, 0.29) is 5.92 Å². The number of amides is 1. The molecule has 0 saturated carbocycles. The molecule has 0 unspecified atom stereocenters. The summed E-state index contributed by atoms with van der Waals surface area (Å²) in [6.07, 6.45) is 5.32. The van der Waals surface area contributed by atoms with Crippen LogP contribution in [0, 0.1) is 11.8 Å². The van der Waals surface area contributed by atoms with E-state index in [0.717, 1.165) is 77.4 Å². The van der Waals surface area contributed by atoms with Gasteiger partial charge in [-0.1, -0.05) is 24.3 Å². The third-order valence-electron chi connectivity index (χ3n) is 6.24. The summed E-state index contributed by atoms with van der Waals surface area (Å²) < 4.78 is 5.44. The number of fused-ring (bicyclic) bond motifs is 1. The fourth-order valence-electron chi connectivity index (χ4n) is 4.65. The number of likely N-dealkylation sites (tertiary alicyclic amines) is 1. The predicted octanol–water partition coefficient (Wildman–Crippen LogP) is 2.36. The average Bonchev–Trinajstić information content (AvgIpc) is 2.68. The van der Waals surface area contributed by atoms with Crippen LogP contribution in [0.1, 0.15) is 30.4 Å². The number of nitrogens with zero attached hydrogens (tertiary/aromatic N) is 2. The smallest absolute Gasteiger partial charge is 0.226 e. The van der Waals surface area contributed by atoms with Crippen LogP contribution in [0.2, 0.25) is 0 Å². The molecule has 2 saturated heterocycles. The van der Waals surface area contributed by atoms with Crippen molar-refractivity contribution >= 4 is 5.91 Å². The average molecular weight is 342 g/mol. The van der Waals surface area contributed by atoms with Crippen LogP contribution in [0.5, 0.6) is 0 Å². The Balaban J connectivity index is 1.27. The molecule has 4 nitrogen and oxygen atoms in total. The van der Waals surface area contributed by atoms with Crippen LogP contribution in [0.3, 0.4) is 0 Å². The van der Waals surface area contributed by atoms with Gasteiger partial charge in [-0.15, -0.1) is 0 Å². The van der Waals surface area contributed by atoms with Crippen LogP contribution in [0.25, 0.3) is 0 Å². The number of carbonyl (C=O) groups excluding carboxylic acids is 1. The minimum absolute atomic E-state index is 0.200. The molecular weight excluding hydrogens is 312 g/mol. The number of morpholine rings is 1. The van der Waals surface area contributed by atoms with Gasteiger partial charge in [0.25, 0.3) is 0 Å². The van der Waals surface area contributed by atoms with Crippen molar-refractivity contribution in [2.45, 2.75) is 32.1 Å². The first-order valence-electron chi connectivity index (χ1n) is 9.95. The maximum absolute atomic E-state index is 13.0. The zero-order chi connectivity index (χ0) is 17.1. The first kappa shape index (κ1) is 17.0. The van der Waals surface area contributed by atoms with Crippen LogP contribution in [0.15, 0.2) is 24.3 Å². The second kappa shape index (κ2) is 7.88. The Labute approximate surface area is 151 Å². The molecule has 1 aromatic carbocycles. The van der Waals surface area contributed by atoms with Crippen molar-refractivity contribution in [3.05, 3.63) is 35.4 Å². The van der Waals surface area contributed by atoms with E-state index in [9.17, 15) is 4.79 Å². The standard InChI is InChI=1S/C21H30N2O2/c24-21(20-6-5-18-3-1-2-4-19(18)15-20)23-9-7-17(8-10-23)16-22-11-13-25-14-12-22/h1-4,17,20H,5-16H2/t20-/m1/s1. The van der Waals surface area contributed by atoms with Gasteiger partial charge in [-0.25, -0.2) is 0 Å². The lowest BCUT2D eigenvalue weighted by molar-refractivity contribution is -0.137. The Morgan fingerprint density at radius 1 is 1.00 bits per heavy atom. The molecule has 4 heteroatoms. The van der Waals surface area contributed by atoms with Gasteiger partial charge in [0, 0.05) is 38.6 Å². The minimum Gasteiger partial charge on any atom is -0.379 e. The van der Waals surface area contributed by atoms with Crippen molar-refractivity contribution in [2.24, 2.45) is 11.8 Å². The second-order valence-electron chi connectivity index (χ2n) is 7.89. The van der Waals surface area contributed by atoms with E-state index in [2.05, 4.69) is 34.1 Å². The summed E-state index contributed by atoms with van der Waals surface area (Å²) in [6, 6.07) is 8.62. The third kappa shape index (κ3) is 4.06. The number of rotatable bonds is 3. The van der Waals surface area contributed by atoms with Crippen molar-refractivity contribution in [3.63, 3.8) is 0 Å². The Morgan fingerprint density at radius 3 is 2.48 bits per heavy atom. The maximum Gasteiger partial charge on any atom is 0.226 e. The number of hydrogen-bond acceptors (Lipinski definition) is 3. The monoisotopic (exact) mass is 342 g/mol. The number of benzene rings is 1. The van der Waals surface area contributed by atoms with E-state index in [4.69, 9.17) is 4.74 Å². The summed E-state index contributed by atoms with van der Waals surface area (Å²) in [5, 5.41) is 0. The topological polar surface area (TPSA) is 32.8 Å². The second-order valence-corrected chi connectivity index (χ2v) is 7.89. The van der Waals surface area contributed by atoms with Gasteiger partial charge in [0.1, 0.15) is 0 Å². The zero-order valence-electron chi connectivity index (χ0n) is 15.2. The molecule has 1 aromatic rings. The molecule has 0 aromatic heterocycles.